The number of aromatic nitrogens is 2. The van der Waals surface area contributed by atoms with Gasteiger partial charge in [-0.05, 0) is 12.8 Å². The van der Waals surface area contributed by atoms with Crippen molar-refractivity contribution in [3.63, 3.8) is 0 Å². The van der Waals surface area contributed by atoms with Crippen LogP contribution in [0.5, 0.6) is 0 Å². The summed E-state index contributed by atoms with van der Waals surface area (Å²) in [6, 6.07) is 0. The van der Waals surface area contributed by atoms with Crippen molar-refractivity contribution in [3.05, 3.63) is 12.4 Å². The molecule has 2 aliphatic heterocycles. The zero-order valence-corrected chi connectivity index (χ0v) is 12.7. The first-order chi connectivity index (χ1) is 9.54. The minimum Gasteiger partial charge on any atom is -0.366 e. The third-order valence-electron chi connectivity index (χ3n) is 4.35. The van der Waals surface area contributed by atoms with Gasteiger partial charge in [0.05, 0.1) is 22.9 Å². The van der Waals surface area contributed by atoms with Crippen molar-refractivity contribution in [1.82, 2.24) is 14.7 Å². The average Bonchev–Trinajstić information content (AvgIpc) is 2.97. The third-order valence-corrected chi connectivity index (χ3v) is 6.61. The van der Waals surface area contributed by atoms with Gasteiger partial charge in [0.25, 0.3) is 0 Å². The molecule has 1 aromatic heterocycles. The van der Waals surface area contributed by atoms with Crippen LogP contribution in [0.1, 0.15) is 12.8 Å². The fourth-order valence-electron chi connectivity index (χ4n) is 3.11. The maximum atomic E-state index is 11.9. The van der Waals surface area contributed by atoms with E-state index in [1.54, 1.807) is 0 Å². The molecule has 0 N–H and O–H groups in total. The predicted molar refractivity (Wildman–Crippen MR) is 78.7 cm³/mol. The maximum Gasteiger partial charge on any atom is 0.154 e. The van der Waals surface area contributed by atoms with Crippen molar-refractivity contribution in [3.8, 4) is 0 Å². The molecule has 2 saturated heterocycles. The Bertz CT molecular complexity index is 561. The predicted octanol–water partition coefficient (Wildman–Crippen LogP) is 0.119. The SMILES string of the molecule is Cn1cc(N2CCN(CC3CCCS3(=O)=O)CC2)cn1. The molecule has 2 fully saturated rings. The number of piperazine rings is 1. The lowest BCUT2D eigenvalue weighted by Crippen LogP contribution is -2.49. The lowest BCUT2D eigenvalue weighted by Gasteiger charge is -2.36. The van der Waals surface area contributed by atoms with Crippen LogP contribution in [0.15, 0.2) is 12.4 Å². The molecule has 0 bridgehead atoms. The van der Waals surface area contributed by atoms with Gasteiger partial charge in [0, 0.05) is 46.0 Å². The van der Waals surface area contributed by atoms with Gasteiger partial charge in [-0.3, -0.25) is 9.58 Å². The quantitative estimate of drug-likeness (QED) is 0.793. The van der Waals surface area contributed by atoms with Gasteiger partial charge in [0.2, 0.25) is 0 Å². The topological polar surface area (TPSA) is 58.4 Å². The van der Waals surface area contributed by atoms with Gasteiger partial charge in [0.15, 0.2) is 9.84 Å². The second-order valence-corrected chi connectivity index (χ2v) is 8.19. The Morgan fingerprint density at radius 3 is 2.60 bits per heavy atom. The van der Waals surface area contributed by atoms with Crippen molar-refractivity contribution < 1.29 is 8.42 Å². The molecule has 20 heavy (non-hydrogen) atoms. The van der Waals surface area contributed by atoms with Crippen molar-refractivity contribution >= 4 is 15.5 Å². The molecule has 0 saturated carbocycles. The highest BCUT2D eigenvalue weighted by atomic mass is 32.2. The van der Waals surface area contributed by atoms with Crippen LogP contribution in [-0.4, -0.2) is 66.8 Å². The Balaban J connectivity index is 1.54. The first kappa shape index (κ1) is 13.9. The minimum atomic E-state index is -2.82. The smallest absolute Gasteiger partial charge is 0.154 e. The van der Waals surface area contributed by atoms with E-state index in [1.807, 2.05) is 24.1 Å². The first-order valence-corrected chi connectivity index (χ1v) is 8.94. The number of hydrogen-bond acceptors (Lipinski definition) is 5. The third kappa shape index (κ3) is 2.83. The molecule has 0 spiro atoms. The minimum absolute atomic E-state index is 0.132. The molecular weight excluding hydrogens is 276 g/mol. The summed E-state index contributed by atoms with van der Waals surface area (Å²) in [4.78, 5) is 4.60. The highest BCUT2D eigenvalue weighted by Crippen LogP contribution is 2.22. The summed E-state index contributed by atoms with van der Waals surface area (Å²) in [5, 5.41) is 4.06. The Labute approximate surface area is 120 Å². The van der Waals surface area contributed by atoms with E-state index in [-0.39, 0.29) is 5.25 Å². The molecule has 3 heterocycles. The Hall–Kier alpha value is -1.08. The van der Waals surface area contributed by atoms with Crippen LogP contribution in [-0.2, 0) is 16.9 Å². The van der Waals surface area contributed by atoms with Crippen LogP contribution in [0.4, 0.5) is 5.69 Å². The number of sulfone groups is 1. The van der Waals surface area contributed by atoms with Gasteiger partial charge < -0.3 is 4.90 Å². The summed E-state index contributed by atoms with van der Waals surface area (Å²) in [7, 11) is -0.896. The zero-order valence-electron chi connectivity index (χ0n) is 11.9. The van der Waals surface area contributed by atoms with Gasteiger partial charge in [-0.2, -0.15) is 5.10 Å². The zero-order chi connectivity index (χ0) is 14.2. The molecule has 0 aliphatic carbocycles. The molecule has 112 valence electrons. The van der Waals surface area contributed by atoms with E-state index in [4.69, 9.17) is 0 Å². The normalized spacial score (nSPS) is 27.1. The van der Waals surface area contributed by atoms with Gasteiger partial charge >= 0.3 is 0 Å². The fourth-order valence-corrected chi connectivity index (χ4v) is 4.98. The Morgan fingerprint density at radius 1 is 1.30 bits per heavy atom. The van der Waals surface area contributed by atoms with E-state index in [0.717, 1.165) is 44.7 Å². The maximum absolute atomic E-state index is 11.9. The molecule has 2 aliphatic rings. The van der Waals surface area contributed by atoms with Crippen LogP contribution in [0, 0.1) is 0 Å². The second-order valence-electron chi connectivity index (χ2n) is 5.79. The Kier molecular flexibility index (Phi) is 3.72. The molecule has 7 heteroatoms. The number of rotatable bonds is 3. The second kappa shape index (κ2) is 5.37. The van der Waals surface area contributed by atoms with Crippen LogP contribution >= 0.6 is 0 Å². The summed E-state index contributed by atoms with van der Waals surface area (Å²) < 4.78 is 25.6. The van der Waals surface area contributed by atoms with E-state index < -0.39 is 9.84 Å². The van der Waals surface area contributed by atoms with E-state index in [9.17, 15) is 8.42 Å². The van der Waals surface area contributed by atoms with Crippen LogP contribution < -0.4 is 4.90 Å². The number of hydrogen-bond donors (Lipinski definition) is 0. The lowest BCUT2D eigenvalue weighted by molar-refractivity contribution is 0.255. The Morgan fingerprint density at radius 2 is 2.05 bits per heavy atom. The molecule has 3 rings (SSSR count). The van der Waals surface area contributed by atoms with Gasteiger partial charge in [-0.25, -0.2) is 8.42 Å². The standard InChI is InChI=1S/C13H22N4O2S/c1-15-10-12(9-14-15)17-6-4-16(5-7-17)11-13-3-2-8-20(13,18)19/h9-10,13H,2-8,11H2,1H3. The molecule has 6 nitrogen and oxygen atoms in total. The molecular formula is C13H22N4O2S. The highest BCUT2D eigenvalue weighted by molar-refractivity contribution is 7.92. The van der Waals surface area contributed by atoms with E-state index in [2.05, 4.69) is 14.9 Å². The number of nitrogens with zero attached hydrogens (tertiary/aromatic N) is 4. The molecule has 0 aromatic carbocycles. The lowest BCUT2D eigenvalue weighted by atomic mass is 10.2. The van der Waals surface area contributed by atoms with E-state index >= 15 is 0 Å². The molecule has 1 atom stereocenters. The summed E-state index contributed by atoms with van der Waals surface area (Å²) in [6.07, 6.45) is 5.59. The van der Waals surface area contributed by atoms with Gasteiger partial charge in [-0.1, -0.05) is 0 Å². The van der Waals surface area contributed by atoms with Crippen molar-refractivity contribution in [2.75, 3.05) is 43.4 Å². The number of anilines is 1. The molecule has 0 amide bonds. The summed E-state index contributed by atoms with van der Waals surface area (Å²) in [6.45, 7) is 4.46. The van der Waals surface area contributed by atoms with E-state index in [0.29, 0.717) is 12.3 Å². The monoisotopic (exact) mass is 298 g/mol. The van der Waals surface area contributed by atoms with Gasteiger partial charge in [0.1, 0.15) is 0 Å². The van der Waals surface area contributed by atoms with Crippen molar-refractivity contribution in [2.45, 2.75) is 18.1 Å². The largest absolute Gasteiger partial charge is 0.366 e. The molecule has 1 aromatic rings. The average molecular weight is 298 g/mol. The van der Waals surface area contributed by atoms with Crippen LogP contribution in [0.3, 0.4) is 0 Å². The summed E-state index contributed by atoms with van der Waals surface area (Å²) in [5.74, 6) is 0.382. The molecule has 0 radical (unpaired) electrons. The summed E-state index contributed by atoms with van der Waals surface area (Å²) in [5.41, 5.74) is 1.15. The highest BCUT2D eigenvalue weighted by Gasteiger charge is 2.33. The molecule has 1 unspecified atom stereocenters. The van der Waals surface area contributed by atoms with Crippen LogP contribution in [0.25, 0.3) is 0 Å². The van der Waals surface area contributed by atoms with Crippen molar-refractivity contribution in [2.24, 2.45) is 7.05 Å². The van der Waals surface area contributed by atoms with E-state index in [1.165, 1.54) is 0 Å². The van der Waals surface area contributed by atoms with Crippen LogP contribution in [0.2, 0.25) is 0 Å². The first-order valence-electron chi connectivity index (χ1n) is 7.22. The summed E-state index contributed by atoms with van der Waals surface area (Å²) >= 11 is 0. The van der Waals surface area contributed by atoms with Gasteiger partial charge in [-0.15, -0.1) is 0 Å². The number of aryl methyl sites for hydroxylation is 1. The van der Waals surface area contributed by atoms with Crippen molar-refractivity contribution in [1.29, 1.82) is 0 Å². The fraction of sp³-hybridized carbons (Fsp3) is 0.769.